The molecule has 4 unspecified atom stereocenters. The maximum Gasteiger partial charge on any atom is 0.181 e. The Morgan fingerprint density at radius 3 is 2.83 bits per heavy atom. The van der Waals surface area contributed by atoms with E-state index in [0.29, 0.717) is 5.57 Å². The second kappa shape index (κ2) is 4.63. The third kappa shape index (κ3) is 1.95. The molecule has 0 aromatic carbocycles. The number of carbonyl (C=O) groups is 1. The summed E-state index contributed by atoms with van der Waals surface area (Å²) < 4.78 is 0. The summed E-state index contributed by atoms with van der Waals surface area (Å²) in [6, 6.07) is 0. The number of hydrogen-bond acceptors (Lipinski definition) is 3. The van der Waals surface area contributed by atoms with Crippen molar-refractivity contribution in [3.05, 3.63) is 23.3 Å². The van der Waals surface area contributed by atoms with E-state index in [4.69, 9.17) is 0 Å². The molecular formula is C15H22O3. The Balaban J connectivity index is 2.39. The SMILES string of the molecule is CC1=C2C(O)C(C(C)CO)CCC2(C)C=CC1=O. The van der Waals surface area contributed by atoms with Gasteiger partial charge in [-0.15, -0.1) is 0 Å². The van der Waals surface area contributed by atoms with Crippen LogP contribution in [0.2, 0.25) is 0 Å². The topological polar surface area (TPSA) is 57.5 Å². The zero-order valence-electron chi connectivity index (χ0n) is 11.3. The van der Waals surface area contributed by atoms with E-state index in [2.05, 4.69) is 6.92 Å². The van der Waals surface area contributed by atoms with Gasteiger partial charge >= 0.3 is 0 Å². The van der Waals surface area contributed by atoms with E-state index in [9.17, 15) is 15.0 Å². The largest absolute Gasteiger partial charge is 0.396 e. The molecule has 3 heteroatoms. The van der Waals surface area contributed by atoms with Gasteiger partial charge < -0.3 is 10.2 Å². The summed E-state index contributed by atoms with van der Waals surface area (Å²) in [7, 11) is 0. The van der Waals surface area contributed by atoms with Crippen LogP contribution >= 0.6 is 0 Å². The second-order valence-electron chi connectivity index (χ2n) is 5.96. The molecule has 3 nitrogen and oxygen atoms in total. The van der Waals surface area contributed by atoms with Crippen LogP contribution in [0.15, 0.2) is 23.3 Å². The lowest BCUT2D eigenvalue weighted by Gasteiger charge is -2.45. The van der Waals surface area contributed by atoms with Crippen molar-refractivity contribution in [3.63, 3.8) is 0 Å². The number of allylic oxidation sites excluding steroid dienone is 3. The number of rotatable bonds is 2. The van der Waals surface area contributed by atoms with Crippen molar-refractivity contribution in [2.75, 3.05) is 6.61 Å². The fraction of sp³-hybridized carbons (Fsp3) is 0.667. The molecule has 0 saturated heterocycles. The first-order chi connectivity index (χ1) is 8.40. The van der Waals surface area contributed by atoms with Gasteiger partial charge in [0.1, 0.15) is 0 Å². The summed E-state index contributed by atoms with van der Waals surface area (Å²) in [4.78, 5) is 11.8. The molecule has 0 radical (unpaired) electrons. The van der Waals surface area contributed by atoms with Crippen LogP contribution in [-0.4, -0.2) is 28.7 Å². The van der Waals surface area contributed by atoms with E-state index in [0.717, 1.165) is 18.4 Å². The lowest BCUT2D eigenvalue weighted by atomic mass is 9.61. The Morgan fingerprint density at radius 1 is 1.56 bits per heavy atom. The van der Waals surface area contributed by atoms with Gasteiger partial charge in [0.2, 0.25) is 0 Å². The molecule has 0 bridgehead atoms. The van der Waals surface area contributed by atoms with Crippen molar-refractivity contribution >= 4 is 5.78 Å². The number of hydrogen-bond donors (Lipinski definition) is 2. The van der Waals surface area contributed by atoms with E-state index in [1.807, 2.05) is 13.0 Å². The summed E-state index contributed by atoms with van der Waals surface area (Å²) in [5.41, 5.74) is 1.36. The van der Waals surface area contributed by atoms with Crippen LogP contribution < -0.4 is 0 Å². The Kier molecular flexibility index (Phi) is 3.47. The van der Waals surface area contributed by atoms with Crippen LogP contribution in [0.3, 0.4) is 0 Å². The highest BCUT2D eigenvalue weighted by atomic mass is 16.3. The summed E-state index contributed by atoms with van der Waals surface area (Å²) in [6.07, 6.45) is 4.76. The highest BCUT2D eigenvalue weighted by molar-refractivity contribution is 6.05. The van der Waals surface area contributed by atoms with Crippen LogP contribution in [0.5, 0.6) is 0 Å². The van der Waals surface area contributed by atoms with Crippen LogP contribution in [0.25, 0.3) is 0 Å². The molecule has 0 heterocycles. The number of aliphatic hydroxyl groups is 2. The van der Waals surface area contributed by atoms with E-state index in [1.165, 1.54) is 0 Å². The average molecular weight is 250 g/mol. The van der Waals surface area contributed by atoms with Gasteiger partial charge in [-0.2, -0.15) is 0 Å². The van der Waals surface area contributed by atoms with Crippen LogP contribution in [-0.2, 0) is 4.79 Å². The van der Waals surface area contributed by atoms with Gasteiger partial charge in [-0.1, -0.05) is 19.9 Å². The number of carbonyl (C=O) groups excluding carboxylic acids is 1. The third-order valence-electron chi connectivity index (χ3n) is 4.71. The molecule has 1 saturated carbocycles. The Morgan fingerprint density at radius 2 is 2.22 bits per heavy atom. The van der Waals surface area contributed by atoms with Crippen molar-refractivity contribution in [2.24, 2.45) is 17.3 Å². The summed E-state index contributed by atoms with van der Waals surface area (Å²) in [5, 5.41) is 19.8. The van der Waals surface area contributed by atoms with Crippen LogP contribution in [0.4, 0.5) is 0 Å². The van der Waals surface area contributed by atoms with E-state index in [-0.39, 0.29) is 29.6 Å². The molecule has 4 atom stereocenters. The van der Waals surface area contributed by atoms with E-state index in [1.54, 1.807) is 13.0 Å². The minimum absolute atomic E-state index is 0.00109. The molecule has 2 rings (SSSR count). The molecule has 1 fully saturated rings. The third-order valence-corrected chi connectivity index (χ3v) is 4.71. The molecule has 0 aliphatic heterocycles. The van der Waals surface area contributed by atoms with E-state index < -0.39 is 6.10 Å². The highest BCUT2D eigenvalue weighted by Crippen LogP contribution is 2.49. The van der Waals surface area contributed by atoms with Crippen LogP contribution in [0, 0.1) is 17.3 Å². The standard InChI is InChI=1S/C15H22O3/c1-9(8-16)11-4-6-15(3)7-5-12(17)10(2)13(15)14(11)18/h5,7,9,11,14,16,18H,4,6,8H2,1-3H3. The molecule has 18 heavy (non-hydrogen) atoms. The van der Waals surface area contributed by atoms with Gasteiger partial charge in [0, 0.05) is 12.0 Å². The number of ketones is 1. The smallest absolute Gasteiger partial charge is 0.181 e. The summed E-state index contributed by atoms with van der Waals surface area (Å²) >= 11 is 0. The number of aliphatic hydroxyl groups excluding tert-OH is 2. The van der Waals surface area contributed by atoms with Gasteiger partial charge in [-0.05, 0) is 48.8 Å². The molecule has 0 spiro atoms. The maximum atomic E-state index is 11.8. The number of fused-ring (bicyclic) bond motifs is 1. The first-order valence-electron chi connectivity index (χ1n) is 6.64. The average Bonchev–Trinajstić information content (AvgIpc) is 2.34. The van der Waals surface area contributed by atoms with Gasteiger partial charge in [-0.3, -0.25) is 4.79 Å². The van der Waals surface area contributed by atoms with Gasteiger partial charge in [0.15, 0.2) is 5.78 Å². The van der Waals surface area contributed by atoms with E-state index >= 15 is 0 Å². The molecule has 100 valence electrons. The zero-order valence-corrected chi connectivity index (χ0v) is 11.3. The first-order valence-corrected chi connectivity index (χ1v) is 6.64. The van der Waals surface area contributed by atoms with Crippen molar-refractivity contribution in [2.45, 2.75) is 39.7 Å². The second-order valence-corrected chi connectivity index (χ2v) is 5.96. The minimum Gasteiger partial charge on any atom is -0.396 e. The van der Waals surface area contributed by atoms with Crippen LogP contribution in [0.1, 0.15) is 33.6 Å². The minimum atomic E-state index is -0.611. The summed E-state index contributed by atoms with van der Waals surface area (Å²) in [5.74, 6) is 0.108. The molecule has 0 aromatic rings. The highest BCUT2D eigenvalue weighted by Gasteiger charge is 2.44. The fourth-order valence-electron chi connectivity index (χ4n) is 3.38. The van der Waals surface area contributed by atoms with Crippen molar-refractivity contribution in [3.8, 4) is 0 Å². The normalized spacial score (nSPS) is 37.7. The van der Waals surface area contributed by atoms with Gasteiger partial charge in [-0.25, -0.2) is 0 Å². The predicted octanol–water partition coefficient (Wildman–Crippen LogP) is 1.85. The van der Waals surface area contributed by atoms with Gasteiger partial charge in [0.25, 0.3) is 0 Å². The maximum absolute atomic E-state index is 11.8. The molecule has 2 aliphatic rings. The monoisotopic (exact) mass is 250 g/mol. The zero-order chi connectivity index (χ0) is 13.5. The Labute approximate surface area is 108 Å². The Hall–Kier alpha value is -0.930. The Bertz CT molecular complexity index is 421. The van der Waals surface area contributed by atoms with Crippen molar-refractivity contribution < 1.29 is 15.0 Å². The lowest BCUT2D eigenvalue weighted by Crippen LogP contribution is -2.43. The van der Waals surface area contributed by atoms with Crippen molar-refractivity contribution in [1.82, 2.24) is 0 Å². The summed E-state index contributed by atoms with van der Waals surface area (Å²) in [6.45, 7) is 5.91. The molecular weight excluding hydrogens is 228 g/mol. The quantitative estimate of drug-likeness (QED) is 0.786. The molecule has 0 amide bonds. The van der Waals surface area contributed by atoms with Crippen molar-refractivity contribution in [1.29, 1.82) is 0 Å². The lowest BCUT2D eigenvalue weighted by molar-refractivity contribution is -0.112. The molecule has 2 aliphatic carbocycles. The predicted molar refractivity (Wildman–Crippen MR) is 69.9 cm³/mol. The van der Waals surface area contributed by atoms with Gasteiger partial charge in [0.05, 0.1) is 6.10 Å². The fourth-order valence-corrected chi connectivity index (χ4v) is 3.38. The molecule has 2 N–H and O–H groups in total. The first kappa shape index (κ1) is 13.5. The molecule has 0 aromatic heterocycles.